The van der Waals surface area contributed by atoms with E-state index < -0.39 is 18.0 Å². The van der Waals surface area contributed by atoms with Gasteiger partial charge in [0.15, 0.2) is 0 Å². The zero-order chi connectivity index (χ0) is 15.5. The summed E-state index contributed by atoms with van der Waals surface area (Å²) in [7, 11) is 0. The Bertz CT molecular complexity index is 502. The molecule has 2 rings (SSSR count). The summed E-state index contributed by atoms with van der Waals surface area (Å²) < 4.78 is 38.2. The highest BCUT2D eigenvalue weighted by Gasteiger charge is 2.43. The number of benzene rings is 1. The maximum Gasteiger partial charge on any atom is 0.391 e. The molecule has 0 heterocycles. The Balaban J connectivity index is 1.90. The third kappa shape index (κ3) is 4.12. The quantitative estimate of drug-likeness (QED) is 0.899. The zero-order valence-electron chi connectivity index (χ0n) is 11.5. The number of phenolic OH excluding ortho intramolecular Hbond substituents is 1. The van der Waals surface area contributed by atoms with Crippen molar-refractivity contribution < 1.29 is 23.1 Å². The van der Waals surface area contributed by atoms with Gasteiger partial charge in [-0.3, -0.25) is 4.79 Å². The largest absolute Gasteiger partial charge is 0.508 e. The van der Waals surface area contributed by atoms with Crippen molar-refractivity contribution in [3.05, 3.63) is 29.8 Å². The van der Waals surface area contributed by atoms with Crippen LogP contribution in [0.2, 0.25) is 0 Å². The molecule has 0 saturated heterocycles. The lowest BCUT2D eigenvalue weighted by atomic mass is 9.80. The van der Waals surface area contributed by atoms with Crippen molar-refractivity contribution in [2.24, 2.45) is 11.8 Å². The first-order valence-corrected chi connectivity index (χ1v) is 6.99. The molecule has 0 bridgehead atoms. The van der Waals surface area contributed by atoms with Crippen molar-refractivity contribution in [1.29, 1.82) is 0 Å². The predicted molar refractivity (Wildman–Crippen MR) is 71.5 cm³/mol. The summed E-state index contributed by atoms with van der Waals surface area (Å²) in [6, 6.07) is 6.55. The number of alkyl halides is 3. The minimum atomic E-state index is -4.23. The van der Waals surface area contributed by atoms with Crippen LogP contribution in [0.5, 0.6) is 5.75 Å². The molecule has 2 N–H and O–H groups in total. The van der Waals surface area contributed by atoms with Crippen LogP contribution in [-0.4, -0.2) is 17.2 Å². The number of aromatic hydroxyl groups is 1. The second-order valence-electron chi connectivity index (χ2n) is 5.45. The van der Waals surface area contributed by atoms with Gasteiger partial charge in [0.05, 0.1) is 5.92 Å². The molecule has 0 spiro atoms. The van der Waals surface area contributed by atoms with Crippen LogP contribution in [0.1, 0.15) is 31.2 Å². The topological polar surface area (TPSA) is 49.3 Å². The average molecular weight is 301 g/mol. The maximum absolute atomic E-state index is 12.7. The molecule has 1 aromatic rings. The fourth-order valence-electron chi connectivity index (χ4n) is 2.71. The van der Waals surface area contributed by atoms with Crippen molar-refractivity contribution in [2.45, 2.75) is 38.4 Å². The van der Waals surface area contributed by atoms with Crippen LogP contribution in [0.15, 0.2) is 24.3 Å². The van der Waals surface area contributed by atoms with Gasteiger partial charge in [0.1, 0.15) is 5.75 Å². The number of phenols is 1. The number of carbonyl (C=O) groups excluding carboxylic acids is 1. The molecule has 0 radical (unpaired) electrons. The number of carbonyl (C=O) groups is 1. The molecule has 116 valence electrons. The van der Waals surface area contributed by atoms with E-state index in [0.717, 1.165) is 0 Å². The first kappa shape index (κ1) is 15.7. The zero-order valence-corrected chi connectivity index (χ0v) is 11.5. The van der Waals surface area contributed by atoms with E-state index in [4.69, 9.17) is 0 Å². The van der Waals surface area contributed by atoms with Crippen LogP contribution < -0.4 is 5.32 Å². The van der Waals surface area contributed by atoms with Crippen molar-refractivity contribution >= 4 is 5.91 Å². The molecule has 0 aliphatic heterocycles. The Morgan fingerprint density at radius 1 is 1.29 bits per heavy atom. The van der Waals surface area contributed by atoms with Gasteiger partial charge in [-0.2, -0.15) is 13.2 Å². The number of amides is 1. The minimum absolute atomic E-state index is 0.0645. The molecule has 2 unspecified atom stereocenters. The molecule has 3 nitrogen and oxygen atoms in total. The van der Waals surface area contributed by atoms with Crippen molar-refractivity contribution in [3.63, 3.8) is 0 Å². The van der Waals surface area contributed by atoms with Gasteiger partial charge in [-0.15, -0.1) is 0 Å². The first-order chi connectivity index (χ1) is 9.88. The Hall–Kier alpha value is -1.72. The van der Waals surface area contributed by atoms with E-state index in [1.807, 2.05) is 0 Å². The molecule has 1 aromatic carbocycles. The highest BCUT2D eigenvalue weighted by molar-refractivity contribution is 5.78. The van der Waals surface area contributed by atoms with Crippen LogP contribution >= 0.6 is 0 Å². The van der Waals surface area contributed by atoms with E-state index in [2.05, 4.69) is 5.32 Å². The van der Waals surface area contributed by atoms with Gasteiger partial charge in [-0.25, -0.2) is 0 Å². The predicted octanol–water partition coefficient (Wildman–Crippen LogP) is 3.38. The summed E-state index contributed by atoms with van der Waals surface area (Å²) in [6.07, 6.45) is -3.36. The van der Waals surface area contributed by atoms with Gasteiger partial charge in [-0.05, 0) is 25.3 Å². The second kappa shape index (κ2) is 6.37. The Morgan fingerprint density at radius 2 is 2.00 bits per heavy atom. The molecule has 6 heteroatoms. The van der Waals surface area contributed by atoms with E-state index in [1.165, 1.54) is 6.07 Å². The number of halogens is 3. The van der Waals surface area contributed by atoms with E-state index in [1.54, 1.807) is 18.2 Å². The molecule has 1 aliphatic rings. The van der Waals surface area contributed by atoms with Crippen LogP contribution in [-0.2, 0) is 11.3 Å². The summed E-state index contributed by atoms with van der Waals surface area (Å²) in [5.74, 6) is -2.29. The van der Waals surface area contributed by atoms with Crippen LogP contribution in [0.4, 0.5) is 13.2 Å². The van der Waals surface area contributed by atoms with E-state index >= 15 is 0 Å². The molecule has 1 fully saturated rings. The van der Waals surface area contributed by atoms with Gasteiger partial charge in [0, 0.05) is 18.0 Å². The fraction of sp³-hybridized carbons (Fsp3) is 0.533. The van der Waals surface area contributed by atoms with Crippen LogP contribution in [0, 0.1) is 11.8 Å². The van der Waals surface area contributed by atoms with Gasteiger partial charge >= 0.3 is 6.18 Å². The number of nitrogens with one attached hydrogen (secondary N) is 1. The van der Waals surface area contributed by atoms with Crippen molar-refractivity contribution in [2.75, 3.05) is 0 Å². The summed E-state index contributed by atoms with van der Waals surface area (Å²) >= 11 is 0. The van der Waals surface area contributed by atoms with Gasteiger partial charge in [0.25, 0.3) is 0 Å². The third-order valence-electron chi connectivity index (χ3n) is 3.95. The van der Waals surface area contributed by atoms with E-state index in [9.17, 15) is 23.1 Å². The lowest BCUT2D eigenvalue weighted by Gasteiger charge is -2.29. The highest BCUT2D eigenvalue weighted by Crippen LogP contribution is 2.39. The maximum atomic E-state index is 12.7. The monoisotopic (exact) mass is 301 g/mol. The number of hydrogen-bond donors (Lipinski definition) is 2. The van der Waals surface area contributed by atoms with Crippen molar-refractivity contribution in [3.8, 4) is 5.75 Å². The standard InChI is InChI=1S/C15H18F3NO2/c16-15(17,18)12-6-3-5-10(8-12)14(21)19-9-11-4-1-2-7-13(11)20/h1-2,4,7,10,12,20H,3,5-6,8-9H2,(H,19,21). The number of rotatable bonds is 3. The normalized spacial score (nSPS) is 22.8. The summed E-state index contributed by atoms with van der Waals surface area (Å²) in [5, 5.41) is 12.2. The number of hydrogen-bond acceptors (Lipinski definition) is 2. The summed E-state index contributed by atoms with van der Waals surface area (Å²) in [6.45, 7) is 0.124. The highest BCUT2D eigenvalue weighted by atomic mass is 19.4. The first-order valence-electron chi connectivity index (χ1n) is 6.99. The Kier molecular flexibility index (Phi) is 4.75. The molecule has 2 atom stereocenters. The second-order valence-corrected chi connectivity index (χ2v) is 5.45. The van der Waals surface area contributed by atoms with Crippen molar-refractivity contribution in [1.82, 2.24) is 5.32 Å². The molecule has 1 amide bonds. The fourth-order valence-corrected chi connectivity index (χ4v) is 2.71. The lowest BCUT2D eigenvalue weighted by Crippen LogP contribution is -2.37. The van der Waals surface area contributed by atoms with E-state index in [-0.39, 0.29) is 31.0 Å². The van der Waals surface area contributed by atoms with Crippen LogP contribution in [0.3, 0.4) is 0 Å². The SMILES string of the molecule is O=C(NCc1ccccc1O)C1CCCC(C(F)(F)F)C1. The molecule has 1 saturated carbocycles. The Morgan fingerprint density at radius 3 is 2.67 bits per heavy atom. The molecule has 1 aliphatic carbocycles. The average Bonchev–Trinajstić information content (AvgIpc) is 2.45. The molecule has 21 heavy (non-hydrogen) atoms. The number of para-hydroxylation sites is 1. The third-order valence-corrected chi connectivity index (χ3v) is 3.95. The molecule has 0 aromatic heterocycles. The van der Waals surface area contributed by atoms with E-state index in [0.29, 0.717) is 18.4 Å². The Labute approximate surface area is 121 Å². The smallest absolute Gasteiger partial charge is 0.391 e. The molecular formula is C15H18F3NO2. The molecular weight excluding hydrogens is 283 g/mol. The van der Waals surface area contributed by atoms with Gasteiger partial charge in [0.2, 0.25) is 5.91 Å². The lowest BCUT2D eigenvalue weighted by molar-refractivity contribution is -0.186. The summed E-state index contributed by atoms with van der Waals surface area (Å²) in [5.41, 5.74) is 0.550. The summed E-state index contributed by atoms with van der Waals surface area (Å²) in [4.78, 5) is 12.0. The van der Waals surface area contributed by atoms with Gasteiger partial charge in [-0.1, -0.05) is 24.6 Å². The van der Waals surface area contributed by atoms with Crippen LogP contribution in [0.25, 0.3) is 0 Å². The van der Waals surface area contributed by atoms with Gasteiger partial charge < -0.3 is 10.4 Å². The minimum Gasteiger partial charge on any atom is -0.508 e.